The van der Waals surface area contributed by atoms with E-state index in [1.807, 2.05) is 0 Å². The smallest absolute Gasteiger partial charge is 0.416 e. The molecule has 2 aromatic rings. The Morgan fingerprint density at radius 2 is 1.65 bits per heavy atom. The van der Waals surface area contributed by atoms with Crippen LogP contribution in [0.4, 0.5) is 17.6 Å². The van der Waals surface area contributed by atoms with E-state index in [9.17, 15) is 17.6 Å². The average molecular weight is 396 g/mol. The summed E-state index contributed by atoms with van der Waals surface area (Å²) in [6.45, 7) is 0.168. The quantitative estimate of drug-likeness (QED) is 0.523. The third kappa shape index (κ3) is 3.84. The zero-order chi connectivity index (χ0) is 14.8. The maximum atomic E-state index is 12.7. The monoisotopic (exact) mass is 396 g/mol. The normalized spacial score (nSPS) is 11.4. The van der Waals surface area contributed by atoms with E-state index in [1.165, 1.54) is 18.2 Å². The molecule has 0 saturated heterocycles. The molecule has 1 nitrogen and oxygen atoms in total. The molecular weight excluding hydrogens is 387 g/mol. The van der Waals surface area contributed by atoms with E-state index >= 15 is 0 Å². The third-order valence-corrected chi connectivity index (χ3v) is 3.41. The van der Waals surface area contributed by atoms with E-state index in [0.717, 1.165) is 17.7 Å². The first-order chi connectivity index (χ1) is 9.36. The molecule has 6 heteroatoms. The Morgan fingerprint density at radius 1 is 1.00 bits per heavy atom. The van der Waals surface area contributed by atoms with Crippen molar-refractivity contribution in [3.63, 3.8) is 0 Å². The Bertz CT molecular complexity index is 593. The van der Waals surface area contributed by atoms with Crippen molar-refractivity contribution in [2.24, 2.45) is 0 Å². The van der Waals surface area contributed by atoms with Gasteiger partial charge in [0.1, 0.15) is 18.2 Å². The highest BCUT2D eigenvalue weighted by atomic mass is 127. The van der Waals surface area contributed by atoms with Crippen molar-refractivity contribution < 1.29 is 22.3 Å². The van der Waals surface area contributed by atoms with Crippen molar-refractivity contribution in [3.05, 3.63) is 63.0 Å². The van der Waals surface area contributed by atoms with Gasteiger partial charge in [-0.05, 0) is 58.5 Å². The first-order valence-corrected chi connectivity index (χ1v) is 6.68. The summed E-state index contributed by atoms with van der Waals surface area (Å²) in [5, 5.41) is 0. The fraction of sp³-hybridized carbons (Fsp3) is 0.143. The van der Waals surface area contributed by atoms with E-state index in [2.05, 4.69) is 0 Å². The first-order valence-electron chi connectivity index (χ1n) is 5.60. The summed E-state index contributed by atoms with van der Waals surface area (Å²) in [5.74, 6) is 0.0146. The molecule has 0 aliphatic rings. The van der Waals surface area contributed by atoms with Crippen LogP contribution in [0, 0.1) is 9.39 Å². The van der Waals surface area contributed by atoms with Gasteiger partial charge >= 0.3 is 6.18 Å². The van der Waals surface area contributed by atoms with Crippen LogP contribution >= 0.6 is 22.6 Å². The third-order valence-electron chi connectivity index (χ3n) is 2.57. The van der Waals surface area contributed by atoms with Gasteiger partial charge in [-0.3, -0.25) is 0 Å². The van der Waals surface area contributed by atoms with Crippen LogP contribution in [0.2, 0.25) is 0 Å². The molecular formula is C14H9F4IO. The molecule has 0 aliphatic heterocycles. The van der Waals surface area contributed by atoms with Crippen LogP contribution in [0.1, 0.15) is 11.1 Å². The van der Waals surface area contributed by atoms with Gasteiger partial charge in [-0.2, -0.15) is 13.2 Å². The lowest BCUT2D eigenvalue weighted by atomic mass is 10.2. The average Bonchev–Trinajstić information content (AvgIpc) is 2.38. The zero-order valence-electron chi connectivity index (χ0n) is 10.0. The highest BCUT2D eigenvalue weighted by Gasteiger charge is 2.30. The van der Waals surface area contributed by atoms with Gasteiger partial charge in [0, 0.05) is 0 Å². The predicted octanol–water partition coefficient (Wildman–Crippen LogP) is 5.03. The fourth-order valence-electron chi connectivity index (χ4n) is 1.54. The molecule has 0 saturated carbocycles. The van der Waals surface area contributed by atoms with Crippen LogP contribution in [-0.4, -0.2) is 0 Å². The van der Waals surface area contributed by atoms with Crippen LogP contribution in [0.15, 0.2) is 42.5 Å². The summed E-state index contributed by atoms with van der Waals surface area (Å²) in [6.07, 6.45) is -4.37. The van der Waals surface area contributed by atoms with Crippen molar-refractivity contribution in [1.82, 2.24) is 0 Å². The van der Waals surface area contributed by atoms with Gasteiger partial charge in [0.05, 0.1) is 9.13 Å². The number of alkyl halides is 3. The molecule has 0 bridgehead atoms. The standard InChI is InChI=1S/C14H9F4IO/c15-11-4-1-9(2-5-11)8-20-13-6-3-10(7-12(13)19)14(16,17)18/h1-7H,8H2. The summed E-state index contributed by atoms with van der Waals surface area (Å²) >= 11 is 1.79. The van der Waals surface area contributed by atoms with Gasteiger partial charge < -0.3 is 4.74 Å². The number of hydrogen-bond donors (Lipinski definition) is 0. The SMILES string of the molecule is Fc1ccc(COc2ccc(C(F)(F)F)cc2I)cc1. The second kappa shape index (κ2) is 5.99. The largest absolute Gasteiger partial charge is 0.488 e. The van der Waals surface area contributed by atoms with E-state index < -0.39 is 11.7 Å². The van der Waals surface area contributed by atoms with Gasteiger partial charge in [0.25, 0.3) is 0 Å². The molecule has 0 N–H and O–H groups in total. The Morgan fingerprint density at radius 3 is 2.20 bits per heavy atom. The summed E-state index contributed by atoms with van der Waals surface area (Å²) in [7, 11) is 0. The van der Waals surface area contributed by atoms with Gasteiger partial charge in [0.15, 0.2) is 0 Å². The molecule has 2 rings (SSSR count). The lowest BCUT2D eigenvalue weighted by Gasteiger charge is -2.11. The first kappa shape index (κ1) is 15.1. The van der Waals surface area contributed by atoms with Crippen molar-refractivity contribution in [2.45, 2.75) is 12.8 Å². The fourth-order valence-corrected chi connectivity index (χ4v) is 2.21. The molecule has 0 fully saturated rings. The Labute approximate surface area is 126 Å². The second-order valence-corrected chi connectivity index (χ2v) is 5.22. The van der Waals surface area contributed by atoms with Gasteiger partial charge in [-0.15, -0.1) is 0 Å². The molecule has 2 aromatic carbocycles. The minimum Gasteiger partial charge on any atom is -0.488 e. The number of ether oxygens (including phenoxy) is 1. The van der Waals surface area contributed by atoms with Gasteiger partial charge in [-0.25, -0.2) is 4.39 Å². The number of hydrogen-bond acceptors (Lipinski definition) is 1. The maximum absolute atomic E-state index is 12.7. The lowest BCUT2D eigenvalue weighted by Crippen LogP contribution is -2.06. The van der Waals surface area contributed by atoms with Crippen LogP contribution in [0.25, 0.3) is 0 Å². The van der Waals surface area contributed by atoms with Gasteiger partial charge in [-0.1, -0.05) is 12.1 Å². The molecule has 0 aromatic heterocycles. The topological polar surface area (TPSA) is 9.23 Å². The summed E-state index contributed by atoms with van der Waals surface area (Å²) in [6, 6.07) is 9.02. The van der Waals surface area contributed by atoms with Crippen molar-refractivity contribution in [2.75, 3.05) is 0 Å². The summed E-state index contributed by atoms with van der Waals surface area (Å²) < 4.78 is 56.1. The highest BCUT2D eigenvalue weighted by Crippen LogP contribution is 2.33. The summed E-state index contributed by atoms with van der Waals surface area (Å²) in [5.41, 5.74) is 0.0260. The van der Waals surface area contributed by atoms with Crippen LogP contribution in [0.3, 0.4) is 0 Å². The molecule has 0 atom stereocenters. The molecule has 106 valence electrons. The molecule has 0 unspecified atom stereocenters. The van der Waals surface area contributed by atoms with E-state index in [4.69, 9.17) is 4.74 Å². The van der Waals surface area contributed by atoms with Crippen LogP contribution in [-0.2, 0) is 12.8 Å². The van der Waals surface area contributed by atoms with Gasteiger partial charge in [0.2, 0.25) is 0 Å². The second-order valence-electron chi connectivity index (χ2n) is 4.06. The molecule has 0 spiro atoms. The number of benzene rings is 2. The maximum Gasteiger partial charge on any atom is 0.416 e. The molecule has 0 aliphatic carbocycles. The van der Waals surface area contributed by atoms with Crippen molar-refractivity contribution in [3.8, 4) is 5.75 Å². The highest BCUT2D eigenvalue weighted by molar-refractivity contribution is 14.1. The van der Waals surface area contributed by atoms with E-state index in [1.54, 1.807) is 34.7 Å². The van der Waals surface area contributed by atoms with Crippen LogP contribution < -0.4 is 4.74 Å². The Balaban J connectivity index is 2.08. The van der Waals surface area contributed by atoms with Crippen molar-refractivity contribution in [1.29, 1.82) is 0 Å². The lowest BCUT2D eigenvalue weighted by molar-refractivity contribution is -0.137. The molecule has 20 heavy (non-hydrogen) atoms. The zero-order valence-corrected chi connectivity index (χ0v) is 12.2. The number of halogens is 5. The molecule has 0 radical (unpaired) electrons. The Kier molecular flexibility index (Phi) is 4.52. The molecule has 0 amide bonds. The van der Waals surface area contributed by atoms with Crippen LogP contribution in [0.5, 0.6) is 5.75 Å². The number of rotatable bonds is 3. The summed E-state index contributed by atoms with van der Waals surface area (Å²) in [4.78, 5) is 0. The minimum absolute atomic E-state index is 0.168. The molecule has 0 heterocycles. The Hall–Kier alpha value is -1.31. The van der Waals surface area contributed by atoms with E-state index in [0.29, 0.717) is 9.32 Å². The van der Waals surface area contributed by atoms with E-state index in [-0.39, 0.29) is 12.4 Å². The predicted molar refractivity (Wildman–Crippen MR) is 74.9 cm³/mol. The van der Waals surface area contributed by atoms with Crippen molar-refractivity contribution >= 4 is 22.6 Å². The minimum atomic E-state index is -4.37.